The van der Waals surface area contributed by atoms with Gasteiger partial charge in [-0.2, -0.15) is 0 Å². The Morgan fingerprint density at radius 3 is 2.43 bits per heavy atom. The number of furan rings is 1. The van der Waals surface area contributed by atoms with Crippen LogP contribution in [-0.2, 0) is 9.53 Å². The molecule has 3 aromatic rings. The summed E-state index contributed by atoms with van der Waals surface area (Å²) in [5.74, 6) is -0.0990. The first-order valence-corrected chi connectivity index (χ1v) is 6.87. The van der Waals surface area contributed by atoms with Gasteiger partial charge in [-0.05, 0) is 18.6 Å². The monoisotopic (exact) mass is 280 g/mol. The van der Waals surface area contributed by atoms with Gasteiger partial charge < -0.3 is 9.15 Å². The summed E-state index contributed by atoms with van der Waals surface area (Å²) in [6, 6.07) is 17.8. The molecule has 3 rings (SSSR count). The summed E-state index contributed by atoms with van der Waals surface area (Å²) in [7, 11) is 1.39. The van der Waals surface area contributed by atoms with Crippen LogP contribution in [0.25, 0.3) is 22.1 Å². The van der Waals surface area contributed by atoms with E-state index >= 15 is 0 Å². The van der Waals surface area contributed by atoms with Gasteiger partial charge in [0.2, 0.25) is 0 Å². The Morgan fingerprint density at radius 2 is 1.71 bits per heavy atom. The van der Waals surface area contributed by atoms with Crippen LogP contribution >= 0.6 is 0 Å². The number of fused-ring (bicyclic) bond motifs is 1. The number of rotatable bonds is 3. The van der Waals surface area contributed by atoms with Crippen LogP contribution in [0.15, 0.2) is 59.0 Å². The van der Waals surface area contributed by atoms with Gasteiger partial charge in [-0.15, -0.1) is 0 Å². The highest BCUT2D eigenvalue weighted by Gasteiger charge is 2.25. The first-order chi connectivity index (χ1) is 10.2. The summed E-state index contributed by atoms with van der Waals surface area (Å²) in [4.78, 5) is 11.9. The van der Waals surface area contributed by atoms with Crippen molar-refractivity contribution in [2.24, 2.45) is 0 Å². The van der Waals surface area contributed by atoms with Crippen LogP contribution in [0.2, 0.25) is 0 Å². The molecule has 0 radical (unpaired) electrons. The number of ether oxygens (including phenoxy) is 1. The molecule has 0 fully saturated rings. The summed E-state index contributed by atoms with van der Waals surface area (Å²) in [6.07, 6.45) is 0. The van der Waals surface area contributed by atoms with E-state index in [2.05, 4.69) is 0 Å². The third-order valence-corrected chi connectivity index (χ3v) is 3.63. The zero-order valence-electron chi connectivity index (χ0n) is 12.0. The van der Waals surface area contributed by atoms with Gasteiger partial charge in [-0.3, -0.25) is 4.79 Å². The molecule has 2 aromatic carbocycles. The van der Waals surface area contributed by atoms with Crippen molar-refractivity contribution in [3.05, 3.63) is 60.4 Å². The van der Waals surface area contributed by atoms with Gasteiger partial charge in [0, 0.05) is 10.9 Å². The van der Waals surface area contributed by atoms with E-state index in [1.165, 1.54) is 7.11 Å². The van der Waals surface area contributed by atoms with E-state index in [0.29, 0.717) is 5.76 Å². The summed E-state index contributed by atoms with van der Waals surface area (Å²) < 4.78 is 10.8. The third-order valence-electron chi connectivity index (χ3n) is 3.63. The SMILES string of the molecule is COC(=O)C(C)c1oc2ccccc2c1-c1ccccc1. The molecule has 0 bridgehead atoms. The van der Waals surface area contributed by atoms with Gasteiger partial charge >= 0.3 is 5.97 Å². The van der Waals surface area contributed by atoms with Gasteiger partial charge in [0.05, 0.1) is 7.11 Å². The molecular weight excluding hydrogens is 264 g/mol. The number of methoxy groups -OCH3 is 1. The lowest BCUT2D eigenvalue weighted by atomic mass is 9.96. The highest BCUT2D eigenvalue weighted by molar-refractivity contribution is 5.97. The average Bonchev–Trinajstić information content (AvgIpc) is 2.93. The molecule has 0 aliphatic rings. The Hall–Kier alpha value is -2.55. The predicted molar refractivity (Wildman–Crippen MR) is 82.1 cm³/mol. The second-order valence-corrected chi connectivity index (χ2v) is 4.95. The normalized spacial score (nSPS) is 12.3. The van der Waals surface area contributed by atoms with E-state index in [1.807, 2.05) is 54.6 Å². The summed E-state index contributed by atoms with van der Waals surface area (Å²) in [6.45, 7) is 1.80. The van der Waals surface area contributed by atoms with Crippen molar-refractivity contribution in [2.45, 2.75) is 12.8 Å². The molecule has 21 heavy (non-hydrogen) atoms. The number of benzene rings is 2. The summed E-state index contributed by atoms with van der Waals surface area (Å²) in [5, 5.41) is 1.01. The highest BCUT2D eigenvalue weighted by Crippen LogP contribution is 2.38. The van der Waals surface area contributed by atoms with Crippen molar-refractivity contribution < 1.29 is 13.9 Å². The maximum Gasteiger partial charge on any atom is 0.316 e. The van der Waals surface area contributed by atoms with E-state index in [4.69, 9.17) is 9.15 Å². The number of carbonyl (C=O) groups excluding carboxylic acids is 1. The van der Waals surface area contributed by atoms with Gasteiger partial charge in [-0.1, -0.05) is 48.5 Å². The maximum atomic E-state index is 11.9. The number of hydrogen-bond donors (Lipinski definition) is 0. The van der Waals surface area contributed by atoms with Crippen molar-refractivity contribution in [3.63, 3.8) is 0 Å². The molecule has 0 saturated heterocycles. The van der Waals surface area contributed by atoms with Crippen LogP contribution in [0, 0.1) is 0 Å². The minimum absolute atomic E-state index is 0.300. The lowest BCUT2D eigenvalue weighted by Gasteiger charge is -2.09. The maximum absolute atomic E-state index is 11.9. The van der Waals surface area contributed by atoms with Crippen molar-refractivity contribution in [1.82, 2.24) is 0 Å². The second-order valence-electron chi connectivity index (χ2n) is 4.95. The lowest BCUT2D eigenvalue weighted by Crippen LogP contribution is -2.10. The Morgan fingerprint density at radius 1 is 1.05 bits per heavy atom. The highest BCUT2D eigenvalue weighted by atomic mass is 16.5. The minimum Gasteiger partial charge on any atom is -0.468 e. The molecular formula is C18H16O3. The quantitative estimate of drug-likeness (QED) is 0.668. The van der Waals surface area contributed by atoms with Crippen LogP contribution < -0.4 is 0 Å². The fourth-order valence-electron chi connectivity index (χ4n) is 2.56. The Bertz CT molecular complexity index is 772. The van der Waals surface area contributed by atoms with Crippen LogP contribution in [0.5, 0.6) is 0 Å². The molecule has 0 amide bonds. The van der Waals surface area contributed by atoms with E-state index in [-0.39, 0.29) is 5.97 Å². The molecule has 1 atom stereocenters. The Balaban J connectivity index is 2.27. The molecule has 0 spiro atoms. The van der Waals surface area contributed by atoms with E-state index in [9.17, 15) is 4.79 Å². The second kappa shape index (κ2) is 5.44. The van der Waals surface area contributed by atoms with Gasteiger partial charge in [0.25, 0.3) is 0 Å². The zero-order valence-corrected chi connectivity index (χ0v) is 12.0. The molecule has 3 nitrogen and oxygen atoms in total. The van der Waals surface area contributed by atoms with Crippen LogP contribution in [0.4, 0.5) is 0 Å². The fraction of sp³-hybridized carbons (Fsp3) is 0.167. The first-order valence-electron chi connectivity index (χ1n) is 6.87. The molecule has 1 aromatic heterocycles. The molecule has 1 heterocycles. The van der Waals surface area contributed by atoms with Crippen LogP contribution in [-0.4, -0.2) is 13.1 Å². The predicted octanol–water partition coefficient (Wildman–Crippen LogP) is 4.38. The van der Waals surface area contributed by atoms with Crippen molar-refractivity contribution in [1.29, 1.82) is 0 Å². The molecule has 0 aliphatic heterocycles. The number of esters is 1. The Kier molecular flexibility index (Phi) is 3.48. The molecule has 3 heteroatoms. The molecule has 0 aliphatic carbocycles. The van der Waals surface area contributed by atoms with E-state index in [0.717, 1.165) is 22.1 Å². The Labute approximate surface area is 123 Å². The summed E-state index contributed by atoms with van der Waals surface area (Å²) in [5.41, 5.74) is 2.78. The molecule has 0 saturated carbocycles. The lowest BCUT2D eigenvalue weighted by molar-refractivity contribution is -0.142. The number of hydrogen-bond acceptors (Lipinski definition) is 3. The summed E-state index contributed by atoms with van der Waals surface area (Å²) >= 11 is 0. The van der Waals surface area contributed by atoms with Crippen LogP contribution in [0.3, 0.4) is 0 Å². The molecule has 1 unspecified atom stereocenters. The van der Waals surface area contributed by atoms with Gasteiger partial charge in [0.15, 0.2) is 0 Å². The van der Waals surface area contributed by atoms with Crippen LogP contribution in [0.1, 0.15) is 18.6 Å². The fourth-order valence-corrected chi connectivity index (χ4v) is 2.56. The zero-order chi connectivity index (χ0) is 14.8. The number of carbonyl (C=O) groups is 1. The topological polar surface area (TPSA) is 39.4 Å². The van der Waals surface area contributed by atoms with E-state index < -0.39 is 5.92 Å². The van der Waals surface area contributed by atoms with Crippen molar-refractivity contribution >= 4 is 16.9 Å². The van der Waals surface area contributed by atoms with E-state index in [1.54, 1.807) is 6.92 Å². The minimum atomic E-state index is -0.447. The molecule has 106 valence electrons. The van der Waals surface area contributed by atoms with Crippen molar-refractivity contribution in [3.8, 4) is 11.1 Å². The van der Waals surface area contributed by atoms with Gasteiger partial charge in [-0.25, -0.2) is 0 Å². The first kappa shape index (κ1) is 13.4. The standard InChI is InChI=1S/C18H16O3/c1-12(18(19)20-2)17-16(13-8-4-3-5-9-13)14-10-6-7-11-15(14)21-17/h3-12H,1-2H3. The smallest absolute Gasteiger partial charge is 0.316 e. The van der Waals surface area contributed by atoms with Gasteiger partial charge in [0.1, 0.15) is 17.3 Å². The average molecular weight is 280 g/mol. The largest absolute Gasteiger partial charge is 0.468 e. The third kappa shape index (κ3) is 2.31. The molecule has 0 N–H and O–H groups in total. The number of para-hydroxylation sites is 1. The van der Waals surface area contributed by atoms with Crippen molar-refractivity contribution in [2.75, 3.05) is 7.11 Å².